The standard InChI is InChI=1S/C31H35F3N6O2/c1-21-28(27-16-18-35-40(27)26-15-8-7-10-22(26)17-19-37(2)3)39(29(41)36-24-12-5-4-6-13-24)30(42)38(21)25-14-9-11-23(20-25)31(32,33)34/h7-11,14-16,18,20,24H,4-6,12-13,17,19H2,1-3H3,(H,36,41). The first-order valence-electron chi connectivity index (χ1n) is 14.2. The second-order valence-electron chi connectivity index (χ2n) is 11.0. The molecule has 0 bridgehead atoms. The summed E-state index contributed by atoms with van der Waals surface area (Å²) in [6, 6.07) is 13.4. The fraction of sp³-hybridized carbons (Fsp3) is 0.387. The first-order chi connectivity index (χ1) is 20.1. The van der Waals surface area contributed by atoms with E-state index in [1.807, 2.05) is 38.4 Å². The molecule has 1 aliphatic rings. The summed E-state index contributed by atoms with van der Waals surface area (Å²) >= 11 is 0. The van der Waals surface area contributed by atoms with Crippen molar-refractivity contribution in [2.75, 3.05) is 20.6 Å². The summed E-state index contributed by atoms with van der Waals surface area (Å²) in [4.78, 5) is 29.9. The van der Waals surface area contributed by atoms with Crippen LogP contribution in [0, 0.1) is 6.92 Å². The van der Waals surface area contributed by atoms with E-state index in [-0.39, 0.29) is 17.4 Å². The van der Waals surface area contributed by atoms with Crippen LogP contribution in [-0.4, -0.2) is 56.5 Å². The van der Waals surface area contributed by atoms with E-state index in [4.69, 9.17) is 0 Å². The van der Waals surface area contributed by atoms with Crippen LogP contribution in [0.5, 0.6) is 0 Å². The van der Waals surface area contributed by atoms with Gasteiger partial charge in [-0.2, -0.15) is 18.3 Å². The fourth-order valence-electron chi connectivity index (χ4n) is 5.65. The monoisotopic (exact) mass is 580 g/mol. The number of nitrogens with one attached hydrogen (secondary N) is 1. The van der Waals surface area contributed by atoms with Gasteiger partial charge in [0.15, 0.2) is 0 Å². The first-order valence-corrected chi connectivity index (χ1v) is 14.2. The Kier molecular flexibility index (Phi) is 8.40. The minimum Gasteiger partial charge on any atom is -0.335 e. The Morgan fingerprint density at radius 2 is 1.79 bits per heavy atom. The minimum atomic E-state index is -4.59. The molecule has 0 atom stereocenters. The molecule has 1 aliphatic carbocycles. The molecule has 42 heavy (non-hydrogen) atoms. The van der Waals surface area contributed by atoms with Gasteiger partial charge in [0.05, 0.1) is 34.5 Å². The maximum Gasteiger partial charge on any atom is 0.416 e. The molecule has 4 aromatic rings. The van der Waals surface area contributed by atoms with E-state index in [1.165, 1.54) is 16.7 Å². The van der Waals surface area contributed by atoms with E-state index in [0.717, 1.165) is 73.0 Å². The van der Waals surface area contributed by atoms with E-state index < -0.39 is 23.5 Å². The maximum atomic E-state index is 14.0. The Balaban J connectivity index is 1.69. The van der Waals surface area contributed by atoms with Gasteiger partial charge in [-0.25, -0.2) is 18.8 Å². The number of amides is 1. The molecule has 1 amide bonds. The molecular formula is C31H35F3N6O2. The van der Waals surface area contributed by atoms with Crippen molar-refractivity contribution in [3.63, 3.8) is 0 Å². The quantitative estimate of drug-likeness (QED) is 0.299. The summed E-state index contributed by atoms with van der Waals surface area (Å²) < 4.78 is 44.7. The molecule has 2 heterocycles. The summed E-state index contributed by atoms with van der Waals surface area (Å²) in [6.07, 6.45) is 2.40. The second-order valence-corrected chi connectivity index (χ2v) is 11.0. The number of hydrogen-bond donors (Lipinski definition) is 1. The predicted octanol–water partition coefficient (Wildman–Crippen LogP) is 5.81. The normalized spacial score (nSPS) is 14.5. The summed E-state index contributed by atoms with van der Waals surface area (Å²) in [6.45, 7) is 2.43. The smallest absolute Gasteiger partial charge is 0.335 e. The van der Waals surface area contributed by atoms with Gasteiger partial charge < -0.3 is 10.2 Å². The van der Waals surface area contributed by atoms with Crippen molar-refractivity contribution in [1.82, 2.24) is 29.1 Å². The summed E-state index contributed by atoms with van der Waals surface area (Å²) in [5, 5.41) is 7.57. The number of rotatable bonds is 7. The van der Waals surface area contributed by atoms with E-state index in [1.54, 1.807) is 23.9 Å². The number of likely N-dealkylation sites (N-methyl/N-ethyl adjacent to an activating group) is 1. The molecule has 5 rings (SSSR count). The summed E-state index contributed by atoms with van der Waals surface area (Å²) in [7, 11) is 3.98. The van der Waals surface area contributed by atoms with Gasteiger partial charge in [0.25, 0.3) is 0 Å². The van der Waals surface area contributed by atoms with Crippen LogP contribution in [0.3, 0.4) is 0 Å². The third-order valence-electron chi connectivity index (χ3n) is 7.79. The lowest BCUT2D eigenvalue weighted by atomic mass is 9.96. The number of carbonyl (C=O) groups is 1. The van der Waals surface area contributed by atoms with Gasteiger partial charge >= 0.3 is 17.9 Å². The van der Waals surface area contributed by atoms with Gasteiger partial charge in [0.1, 0.15) is 5.69 Å². The highest BCUT2D eigenvalue weighted by Gasteiger charge is 2.32. The van der Waals surface area contributed by atoms with Crippen molar-refractivity contribution >= 4 is 6.03 Å². The van der Waals surface area contributed by atoms with Gasteiger partial charge in [0, 0.05) is 12.6 Å². The van der Waals surface area contributed by atoms with Crippen LogP contribution in [0.2, 0.25) is 0 Å². The molecule has 1 N–H and O–H groups in total. The molecule has 222 valence electrons. The largest absolute Gasteiger partial charge is 0.416 e. The SMILES string of the molecule is Cc1c(-c2ccnn2-c2ccccc2CCN(C)C)n(C(=O)NC2CCCCC2)c(=O)n1-c1cccc(C(F)(F)F)c1. The van der Waals surface area contributed by atoms with Crippen LogP contribution >= 0.6 is 0 Å². The first kappa shape index (κ1) is 29.4. The molecule has 11 heteroatoms. The van der Waals surface area contributed by atoms with Crippen LogP contribution in [0.15, 0.2) is 65.6 Å². The number of alkyl halides is 3. The molecule has 0 spiro atoms. The molecule has 0 saturated heterocycles. The number of hydrogen-bond acceptors (Lipinski definition) is 4. The number of halogens is 3. The lowest BCUT2D eigenvalue weighted by molar-refractivity contribution is -0.137. The van der Waals surface area contributed by atoms with Crippen molar-refractivity contribution in [2.45, 2.75) is 57.7 Å². The zero-order valence-electron chi connectivity index (χ0n) is 24.0. The van der Waals surface area contributed by atoms with Gasteiger partial charge in [-0.05, 0) is 76.2 Å². The minimum absolute atomic E-state index is 0.0234. The third kappa shape index (κ3) is 5.92. The van der Waals surface area contributed by atoms with Crippen molar-refractivity contribution in [2.24, 2.45) is 0 Å². The van der Waals surface area contributed by atoms with E-state index in [2.05, 4.69) is 15.3 Å². The van der Waals surface area contributed by atoms with E-state index in [0.29, 0.717) is 11.4 Å². The highest BCUT2D eigenvalue weighted by Crippen LogP contribution is 2.32. The average Bonchev–Trinajstić information content (AvgIpc) is 3.53. The molecule has 0 unspecified atom stereocenters. The Morgan fingerprint density at radius 3 is 2.50 bits per heavy atom. The summed E-state index contributed by atoms with van der Waals surface area (Å²) in [5.74, 6) is 0. The lowest BCUT2D eigenvalue weighted by Crippen LogP contribution is -2.43. The Morgan fingerprint density at radius 1 is 1.05 bits per heavy atom. The third-order valence-corrected chi connectivity index (χ3v) is 7.79. The molecule has 2 aromatic heterocycles. The maximum absolute atomic E-state index is 14.0. The molecule has 2 aromatic carbocycles. The Hall–Kier alpha value is -4.12. The molecule has 1 fully saturated rings. The predicted molar refractivity (Wildman–Crippen MR) is 155 cm³/mol. The van der Waals surface area contributed by atoms with Crippen molar-refractivity contribution in [3.05, 3.63) is 88.1 Å². The number of nitrogens with zero attached hydrogens (tertiary/aromatic N) is 5. The fourth-order valence-corrected chi connectivity index (χ4v) is 5.65. The van der Waals surface area contributed by atoms with E-state index in [9.17, 15) is 22.8 Å². The molecule has 0 aliphatic heterocycles. The van der Waals surface area contributed by atoms with Gasteiger partial charge in [-0.15, -0.1) is 0 Å². The van der Waals surface area contributed by atoms with Crippen LogP contribution < -0.4 is 11.0 Å². The Labute approximate surface area is 242 Å². The van der Waals surface area contributed by atoms with E-state index >= 15 is 0 Å². The van der Waals surface area contributed by atoms with Gasteiger partial charge in [-0.3, -0.25) is 4.57 Å². The van der Waals surface area contributed by atoms with Crippen LogP contribution in [0.1, 0.15) is 48.9 Å². The highest BCUT2D eigenvalue weighted by atomic mass is 19.4. The van der Waals surface area contributed by atoms with Crippen molar-refractivity contribution in [3.8, 4) is 22.8 Å². The van der Waals surface area contributed by atoms with Crippen molar-refractivity contribution < 1.29 is 18.0 Å². The van der Waals surface area contributed by atoms with Crippen molar-refractivity contribution in [1.29, 1.82) is 0 Å². The average molecular weight is 581 g/mol. The topological polar surface area (TPSA) is 77.1 Å². The number of para-hydroxylation sites is 1. The lowest BCUT2D eigenvalue weighted by Gasteiger charge is -2.23. The van der Waals surface area contributed by atoms with Crippen LogP contribution in [0.4, 0.5) is 18.0 Å². The zero-order valence-corrected chi connectivity index (χ0v) is 24.0. The molecule has 0 radical (unpaired) electrons. The molecule has 1 saturated carbocycles. The van der Waals surface area contributed by atoms with Gasteiger partial charge in [0.2, 0.25) is 0 Å². The van der Waals surface area contributed by atoms with Crippen LogP contribution in [0.25, 0.3) is 22.8 Å². The summed E-state index contributed by atoms with van der Waals surface area (Å²) in [5.41, 5.74) is 1.28. The number of aromatic nitrogens is 4. The number of imidazole rings is 1. The Bertz CT molecular complexity index is 1630. The highest BCUT2D eigenvalue weighted by molar-refractivity contribution is 5.83. The molecular weight excluding hydrogens is 545 g/mol. The number of carbonyl (C=O) groups excluding carboxylic acids is 1. The zero-order chi connectivity index (χ0) is 30.0. The second kappa shape index (κ2) is 12.0. The van der Waals surface area contributed by atoms with Gasteiger partial charge in [-0.1, -0.05) is 43.5 Å². The number of benzene rings is 2. The molecule has 8 nitrogen and oxygen atoms in total. The van der Waals surface area contributed by atoms with Crippen LogP contribution in [-0.2, 0) is 12.6 Å².